The van der Waals surface area contributed by atoms with E-state index in [9.17, 15) is 14.9 Å². The molecule has 0 aliphatic heterocycles. The average Bonchev–Trinajstić information content (AvgIpc) is 2.44. The minimum absolute atomic E-state index is 0.0133. The van der Waals surface area contributed by atoms with Gasteiger partial charge in [-0.25, -0.2) is 4.79 Å². The van der Waals surface area contributed by atoms with E-state index in [1.54, 1.807) is 24.3 Å². The zero-order chi connectivity index (χ0) is 15.4. The van der Waals surface area contributed by atoms with Gasteiger partial charge < -0.3 is 4.74 Å². The molecule has 0 aliphatic rings. The third kappa shape index (κ3) is 3.89. The monoisotopic (exact) mass is 285 g/mol. The standard InChI is InChI=1S/C16H15NO4/c1-11-7-12(2)9-14(8-11)16(18)21-10-13-3-5-15(6-4-13)17(19)20/h3-9H,10H2,1-2H3. The molecule has 5 heteroatoms. The van der Waals surface area contributed by atoms with Gasteiger partial charge in [-0.1, -0.05) is 17.2 Å². The van der Waals surface area contributed by atoms with Crippen LogP contribution in [0.3, 0.4) is 0 Å². The number of esters is 1. The zero-order valence-corrected chi connectivity index (χ0v) is 11.8. The first-order valence-corrected chi connectivity index (χ1v) is 6.44. The summed E-state index contributed by atoms with van der Waals surface area (Å²) in [5.41, 5.74) is 3.22. The van der Waals surface area contributed by atoms with E-state index in [0.717, 1.165) is 11.1 Å². The molecule has 0 radical (unpaired) electrons. The van der Waals surface area contributed by atoms with Gasteiger partial charge in [0.1, 0.15) is 6.61 Å². The molecule has 2 aromatic rings. The van der Waals surface area contributed by atoms with Crippen molar-refractivity contribution in [3.63, 3.8) is 0 Å². The van der Waals surface area contributed by atoms with Crippen molar-refractivity contribution in [3.8, 4) is 0 Å². The van der Waals surface area contributed by atoms with Crippen molar-refractivity contribution in [3.05, 3.63) is 74.8 Å². The molecule has 0 aromatic heterocycles. The number of ether oxygens (including phenoxy) is 1. The number of benzene rings is 2. The number of nitro groups is 1. The number of hydrogen-bond donors (Lipinski definition) is 0. The molecule has 5 nitrogen and oxygen atoms in total. The lowest BCUT2D eigenvalue weighted by Crippen LogP contribution is -2.06. The summed E-state index contributed by atoms with van der Waals surface area (Å²) in [6.45, 7) is 3.92. The first kappa shape index (κ1) is 14.7. The predicted octanol–water partition coefficient (Wildman–Crippen LogP) is 3.57. The maximum absolute atomic E-state index is 12.0. The van der Waals surface area contributed by atoms with Crippen LogP contribution in [0.2, 0.25) is 0 Å². The molecular weight excluding hydrogens is 270 g/mol. The van der Waals surface area contributed by atoms with Crippen LogP contribution >= 0.6 is 0 Å². The van der Waals surface area contributed by atoms with Crippen LogP contribution in [0.25, 0.3) is 0 Å². The molecule has 0 atom stereocenters. The fourth-order valence-electron chi connectivity index (χ4n) is 2.04. The minimum atomic E-state index is -0.467. The molecule has 0 N–H and O–H groups in total. The first-order chi connectivity index (χ1) is 9.95. The van der Waals surface area contributed by atoms with E-state index in [0.29, 0.717) is 11.1 Å². The maximum atomic E-state index is 12.0. The highest BCUT2D eigenvalue weighted by atomic mass is 16.6. The maximum Gasteiger partial charge on any atom is 0.338 e. The number of carbonyl (C=O) groups is 1. The summed E-state index contributed by atoms with van der Waals surface area (Å²) >= 11 is 0. The van der Waals surface area contributed by atoms with E-state index in [2.05, 4.69) is 0 Å². The highest BCUT2D eigenvalue weighted by Gasteiger charge is 2.09. The van der Waals surface area contributed by atoms with E-state index >= 15 is 0 Å². The van der Waals surface area contributed by atoms with Crippen LogP contribution in [0, 0.1) is 24.0 Å². The van der Waals surface area contributed by atoms with Gasteiger partial charge in [0, 0.05) is 12.1 Å². The number of carbonyl (C=O) groups excluding carboxylic acids is 1. The molecule has 0 spiro atoms. The Balaban J connectivity index is 2.02. The summed E-state index contributed by atoms with van der Waals surface area (Å²) in [5, 5.41) is 10.5. The number of aryl methyl sites for hydroxylation is 2. The fourth-order valence-corrected chi connectivity index (χ4v) is 2.04. The van der Waals surface area contributed by atoms with Gasteiger partial charge in [0.25, 0.3) is 5.69 Å². The van der Waals surface area contributed by atoms with Crippen LogP contribution in [0.15, 0.2) is 42.5 Å². The molecular formula is C16H15NO4. The highest BCUT2D eigenvalue weighted by molar-refractivity contribution is 5.89. The number of non-ortho nitro benzene ring substituents is 1. The Hall–Kier alpha value is -2.69. The number of nitro benzene ring substituents is 1. The van der Waals surface area contributed by atoms with Crippen molar-refractivity contribution in [2.45, 2.75) is 20.5 Å². The Morgan fingerprint density at radius 2 is 1.67 bits per heavy atom. The van der Waals surface area contributed by atoms with Gasteiger partial charge in [-0.3, -0.25) is 10.1 Å². The van der Waals surface area contributed by atoms with Crippen molar-refractivity contribution in [1.82, 2.24) is 0 Å². The molecule has 0 heterocycles. The highest BCUT2D eigenvalue weighted by Crippen LogP contribution is 2.14. The van der Waals surface area contributed by atoms with Gasteiger partial charge in [0.15, 0.2) is 0 Å². The Bertz CT molecular complexity index is 657. The van der Waals surface area contributed by atoms with Gasteiger partial charge in [0.2, 0.25) is 0 Å². The normalized spacial score (nSPS) is 10.2. The zero-order valence-electron chi connectivity index (χ0n) is 11.8. The molecule has 0 saturated heterocycles. The summed E-state index contributed by atoms with van der Waals surface area (Å²) in [4.78, 5) is 22.0. The van der Waals surface area contributed by atoms with Crippen molar-refractivity contribution in [2.75, 3.05) is 0 Å². The lowest BCUT2D eigenvalue weighted by atomic mass is 10.1. The van der Waals surface area contributed by atoms with E-state index in [1.807, 2.05) is 19.9 Å². The van der Waals surface area contributed by atoms with Gasteiger partial charge in [-0.15, -0.1) is 0 Å². The van der Waals surface area contributed by atoms with Crippen molar-refractivity contribution >= 4 is 11.7 Å². The molecule has 0 amide bonds. The molecule has 21 heavy (non-hydrogen) atoms. The summed E-state index contributed by atoms with van der Waals surface area (Å²) in [6, 6.07) is 11.4. The largest absolute Gasteiger partial charge is 0.457 e. The Morgan fingerprint density at radius 3 is 2.19 bits per heavy atom. The number of rotatable bonds is 4. The lowest BCUT2D eigenvalue weighted by molar-refractivity contribution is -0.384. The summed E-state index contributed by atoms with van der Waals surface area (Å²) < 4.78 is 5.22. The molecule has 0 aliphatic carbocycles. The average molecular weight is 285 g/mol. The second-order valence-corrected chi connectivity index (χ2v) is 4.88. The Morgan fingerprint density at radius 1 is 1.10 bits per heavy atom. The molecule has 2 rings (SSSR count). The van der Waals surface area contributed by atoms with Gasteiger partial charge in [0.05, 0.1) is 10.5 Å². The van der Waals surface area contributed by atoms with Crippen LogP contribution in [0.1, 0.15) is 27.0 Å². The SMILES string of the molecule is Cc1cc(C)cc(C(=O)OCc2ccc([N+](=O)[O-])cc2)c1. The smallest absolute Gasteiger partial charge is 0.338 e. The fraction of sp³-hybridized carbons (Fsp3) is 0.188. The van der Waals surface area contributed by atoms with Crippen LogP contribution in [0.5, 0.6) is 0 Å². The third-order valence-corrected chi connectivity index (χ3v) is 2.97. The molecule has 0 unspecified atom stereocenters. The van der Waals surface area contributed by atoms with E-state index in [1.165, 1.54) is 12.1 Å². The molecule has 0 bridgehead atoms. The molecule has 2 aromatic carbocycles. The molecule has 0 saturated carbocycles. The quantitative estimate of drug-likeness (QED) is 0.489. The van der Waals surface area contributed by atoms with Crippen molar-refractivity contribution < 1.29 is 14.5 Å². The lowest BCUT2D eigenvalue weighted by Gasteiger charge is -2.06. The first-order valence-electron chi connectivity index (χ1n) is 6.44. The number of hydrogen-bond acceptors (Lipinski definition) is 4. The Kier molecular flexibility index (Phi) is 4.33. The summed E-state index contributed by atoms with van der Waals surface area (Å²) in [6.07, 6.45) is 0. The van der Waals surface area contributed by atoms with Gasteiger partial charge >= 0.3 is 5.97 Å². The van der Waals surface area contributed by atoms with Crippen molar-refractivity contribution in [2.24, 2.45) is 0 Å². The van der Waals surface area contributed by atoms with Gasteiger partial charge in [-0.05, 0) is 43.7 Å². The van der Waals surface area contributed by atoms with Crippen LogP contribution < -0.4 is 0 Å². The van der Waals surface area contributed by atoms with Crippen LogP contribution in [0.4, 0.5) is 5.69 Å². The van der Waals surface area contributed by atoms with Crippen LogP contribution in [-0.2, 0) is 11.3 Å². The minimum Gasteiger partial charge on any atom is -0.457 e. The molecule has 0 fully saturated rings. The van der Waals surface area contributed by atoms with E-state index in [4.69, 9.17) is 4.74 Å². The van der Waals surface area contributed by atoms with Crippen LogP contribution in [-0.4, -0.2) is 10.9 Å². The van der Waals surface area contributed by atoms with Gasteiger partial charge in [-0.2, -0.15) is 0 Å². The second kappa shape index (κ2) is 6.17. The van der Waals surface area contributed by atoms with E-state index in [-0.39, 0.29) is 12.3 Å². The van der Waals surface area contributed by atoms with E-state index < -0.39 is 10.9 Å². The number of nitrogens with zero attached hydrogens (tertiary/aromatic N) is 1. The Labute approximate surface area is 122 Å². The molecule has 108 valence electrons. The topological polar surface area (TPSA) is 69.4 Å². The second-order valence-electron chi connectivity index (χ2n) is 4.88. The predicted molar refractivity (Wildman–Crippen MR) is 78.1 cm³/mol. The summed E-state index contributed by atoms with van der Waals surface area (Å²) in [7, 11) is 0. The van der Waals surface area contributed by atoms with Crippen molar-refractivity contribution in [1.29, 1.82) is 0 Å². The summed E-state index contributed by atoms with van der Waals surface area (Å²) in [5.74, 6) is -0.403. The third-order valence-electron chi connectivity index (χ3n) is 2.97.